The van der Waals surface area contributed by atoms with Gasteiger partial charge < -0.3 is 10.2 Å². The third-order valence-corrected chi connectivity index (χ3v) is 4.19. The number of aromatic nitrogens is 1. The van der Waals surface area contributed by atoms with E-state index in [1.165, 1.54) is 6.26 Å². The molecule has 0 radical (unpaired) electrons. The van der Waals surface area contributed by atoms with Gasteiger partial charge in [0.05, 0.1) is 11.1 Å². The minimum absolute atomic E-state index is 0.161. The number of furan rings is 1. The monoisotopic (exact) mass is 218 g/mol. The molecule has 2 aromatic heterocycles. The minimum atomic E-state index is -3.26. The molecular weight excluding hydrogens is 212 g/mol. The Morgan fingerprint density at radius 1 is 1.62 bits per heavy atom. The zero-order chi connectivity index (χ0) is 9.64. The van der Waals surface area contributed by atoms with Crippen LogP contribution in [0.15, 0.2) is 14.9 Å². The molecule has 2 aromatic rings. The van der Waals surface area contributed by atoms with Crippen molar-refractivity contribution in [1.82, 2.24) is 4.37 Å². The quantitative estimate of drug-likeness (QED) is 0.767. The van der Waals surface area contributed by atoms with Gasteiger partial charge >= 0.3 is 0 Å². The van der Waals surface area contributed by atoms with E-state index in [0.29, 0.717) is 11.1 Å². The molecule has 7 heteroatoms. The van der Waals surface area contributed by atoms with Crippen molar-refractivity contribution in [3.8, 4) is 0 Å². The Kier molecular flexibility index (Phi) is 1.61. The largest absolute Gasteiger partial charge is 0.443 e. The molecule has 0 saturated heterocycles. The van der Waals surface area contributed by atoms with Gasteiger partial charge in [-0.05, 0) is 11.5 Å². The van der Waals surface area contributed by atoms with Crippen LogP contribution in [0.25, 0.3) is 11.1 Å². The zero-order valence-electron chi connectivity index (χ0n) is 6.64. The summed E-state index contributed by atoms with van der Waals surface area (Å²) in [5, 5.41) is 0.396. The van der Waals surface area contributed by atoms with E-state index in [-0.39, 0.29) is 9.92 Å². The molecule has 5 nitrogen and oxygen atoms in total. The van der Waals surface area contributed by atoms with Crippen LogP contribution >= 0.6 is 11.5 Å². The van der Waals surface area contributed by atoms with Crippen LogP contribution < -0.4 is 5.73 Å². The highest BCUT2D eigenvalue weighted by Crippen LogP contribution is 2.32. The SMILES string of the molecule is CS(=O)(=O)c1snc2occ(N)c12. The third kappa shape index (κ3) is 1.20. The first-order valence-electron chi connectivity index (χ1n) is 3.32. The maximum atomic E-state index is 11.2. The fourth-order valence-corrected chi connectivity index (χ4v) is 2.84. The first-order valence-corrected chi connectivity index (χ1v) is 5.99. The highest BCUT2D eigenvalue weighted by molar-refractivity contribution is 7.92. The Morgan fingerprint density at radius 2 is 2.31 bits per heavy atom. The van der Waals surface area contributed by atoms with Crippen molar-refractivity contribution in [3.05, 3.63) is 6.26 Å². The molecule has 0 unspecified atom stereocenters. The van der Waals surface area contributed by atoms with Gasteiger partial charge in [-0.2, -0.15) is 4.37 Å². The van der Waals surface area contributed by atoms with Gasteiger partial charge in [-0.15, -0.1) is 0 Å². The normalized spacial score (nSPS) is 12.4. The van der Waals surface area contributed by atoms with E-state index >= 15 is 0 Å². The molecule has 2 heterocycles. The van der Waals surface area contributed by atoms with Crippen LogP contribution in [0.3, 0.4) is 0 Å². The zero-order valence-corrected chi connectivity index (χ0v) is 8.28. The summed E-state index contributed by atoms with van der Waals surface area (Å²) in [4.78, 5) is 0. The summed E-state index contributed by atoms with van der Waals surface area (Å²) in [6.45, 7) is 0. The van der Waals surface area contributed by atoms with Crippen LogP contribution in [0.1, 0.15) is 0 Å². The number of rotatable bonds is 1. The van der Waals surface area contributed by atoms with Crippen molar-refractivity contribution in [3.63, 3.8) is 0 Å². The van der Waals surface area contributed by atoms with Gasteiger partial charge in [0.1, 0.15) is 6.26 Å². The topological polar surface area (TPSA) is 86.2 Å². The molecule has 0 atom stereocenters. The second-order valence-corrected chi connectivity index (χ2v) is 5.60. The summed E-state index contributed by atoms with van der Waals surface area (Å²) < 4.78 is 31.4. The second-order valence-electron chi connectivity index (χ2n) is 2.61. The standard InChI is InChI=1S/C6H6N2O3S2/c1-13(9,10)6-4-3(7)2-11-5(4)8-12-6/h2H,7H2,1H3. The molecule has 0 fully saturated rings. The molecule has 0 aliphatic heterocycles. The van der Waals surface area contributed by atoms with Gasteiger partial charge in [0.2, 0.25) is 5.71 Å². The van der Waals surface area contributed by atoms with Crippen molar-refractivity contribution in [2.45, 2.75) is 4.21 Å². The number of nitrogens with zero attached hydrogens (tertiary/aromatic N) is 1. The number of hydrogen-bond donors (Lipinski definition) is 1. The average molecular weight is 218 g/mol. The highest BCUT2D eigenvalue weighted by Gasteiger charge is 2.20. The second kappa shape index (κ2) is 2.46. The number of nitrogen functional groups attached to an aromatic ring is 1. The minimum Gasteiger partial charge on any atom is -0.443 e. The molecule has 0 amide bonds. The smallest absolute Gasteiger partial charge is 0.241 e. The Balaban J connectivity index is 2.92. The molecule has 0 aromatic carbocycles. The van der Waals surface area contributed by atoms with E-state index < -0.39 is 9.84 Å². The van der Waals surface area contributed by atoms with E-state index in [1.807, 2.05) is 0 Å². The molecule has 2 rings (SSSR count). The van der Waals surface area contributed by atoms with Crippen molar-refractivity contribution in [1.29, 1.82) is 0 Å². The van der Waals surface area contributed by atoms with E-state index in [9.17, 15) is 8.42 Å². The Hall–Kier alpha value is -1.08. The van der Waals surface area contributed by atoms with Gasteiger partial charge in [-0.3, -0.25) is 0 Å². The lowest BCUT2D eigenvalue weighted by atomic mass is 10.4. The van der Waals surface area contributed by atoms with Crippen LogP contribution in [-0.2, 0) is 9.84 Å². The molecule has 0 spiro atoms. The van der Waals surface area contributed by atoms with E-state index in [2.05, 4.69) is 4.37 Å². The number of anilines is 1. The van der Waals surface area contributed by atoms with Gasteiger partial charge in [-0.1, -0.05) is 0 Å². The van der Waals surface area contributed by atoms with Crippen LogP contribution in [0.2, 0.25) is 0 Å². The predicted molar refractivity (Wildman–Crippen MR) is 49.4 cm³/mol. The first-order chi connectivity index (χ1) is 6.00. The lowest BCUT2D eigenvalue weighted by molar-refractivity contribution is 0.603. The number of fused-ring (bicyclic) bond motifs is 1. The molecule has 2 N–H and O–H groups in total. The highest BCUT2D eigenvalue weighted by atomic mass is 32.2. The summed E-state index contributed by atoms with van der Waals surface area (Å²) in [6, 6.07) is 0. The van der Waals surface area contributed by atoms with Crippen LogP contribution in [0.4, 0.5) is 5.69 Å². The molecule has 0 aliphatic carbocycles. The summed E-state index contributed by atoms with van der Waals surface area (Å²) in [6.07, 6.45) is 2.41. The van der Waals surface area contributed by atoms with E-state index in [0.717, 1.165) is 17.8 Å². The predicted octanol–water partition coefficient (Wildman–Crippen LogP) is 0.875. The molecule has 70 valence electrons. The Morgan fingerprint density at radius 3 is 2.92 bits per heavy atom. The summed E-state index contributed by atoms with van der Waals surface area (Å²) in [5.41, 5.74) is 6.12. The Bertz CT molecular complexity index is 551. The molecule has 0 aliphatic rings. The lowest BCUT2D eigenvalue weighted by Crippen LogP contribution is -1.94. The van der Waals surface area contributed by atoms with Gasteiger partial charge in [-0.25, -0.2) is 8.42 Å². The van der Waals surface area contributed by atoms with Crippen LogP contribution in [0, 0.1) is 0 Å². The van der Waals surface area contributed by atoms with Gasteiger partial charge in [0.25, 0.3) is 0 Å². The van der Waals surface area contributed by atoms with Crippen molar-refractivity contribution >= 4 is 38.2 Å². The van der Waals surface area contributed by atoms with Crippen molar-refractivity contribution < 1.29 is 12.8 Å². The molecule has 0 saturated carbocycles. The molecule has 0 bridgehead atoms. The lowest BCUT2D eigenvalue weighted by Gasteiger charge is -1.90. The summed E-state index contributed by atoms with van der Waals surface area (Å²) in [7, 11) is -3.26. The van der Waals surface area contributed by atoms with Crippen molar-refractivity contribution in [2.24, 2.45) is 0 Å². The van der Waals surface area contributed by atoms with Crippen LogP contribution in [-0.4, -0.2) is 19.0 Å². The van der Waals surface area contributed by atoms with E-state index in [1.54, 1.807) is 0 Å². The average Bonchev–Trinajstić information content (AvgIpc) is 2.51. The number of nitrogens with two attached hydrogens (primary N) is 1. The fourth-order valence-electron chi connectivity index (χ4n) is 1.01. The maximum Gasteiger partial charge on any atom is 0.241 e. The van der Waals surface area contributed by atoms with Gasteiger partial charge in [0, 0.05) is 6.26 Å². The molecule has 13 heavy (non-hydrogen) atoms. The fraction of sp³-hybridized carbons (Fsp3) is 0.167. The summed E-state index contributed by atoms with van der Waals surface area (Å²) >= 11 is 0.879. The Labute approximate surface area is 78.2 Å². The van der Waals surface area contributed by atoms with Crippen molar-refractivity contribution in [2.75, 3.05) is 12.0 Å². The molecular formula is C6H6N2O3S2. The van der Waals surface area contributed by atoms with Crippen LogP contribution in [0.5, 0.6) is 0 Å². The maximum absolute atomic E-state index is 11.2. The van der Waals surface area contributed by atoms with E-state index in [4.69, 9.17) is 10.2 Å². The number of hydrogen-bond acceptors (Lipinski definition) is 6. The van der Waals surface area contributed by atoms with Gasteiger partial charge in [0.15, 0.2) is 14.0 Å². The summed E-state index contributed by atoms with van der Waals surface area (Å²) in [5.74, 6) is 0. The third-order valence-electron chi connectivity index (χ3n) is 1.55. The number of sulfone groups is 1. The first kappa shape index (κ1) is 8.52.